The third-order valence-electron chi connectivity index (χ3n) is 3.41. The first-order valence-electron chi connectivity index (χ1n) is 8.07. The number of ether oxygens (including phenoxy) is 1. The Bertz CT molecular complexity index is 1010. The number of hydrogen-bond donors (Lipinski definition) is 1. The van der Waals surface area contributed by atoms with Crippen LogP contribution in [0.15, 0.2) is 37.8 Å². The van der Waals surface area contributed by atoms with Crippen molar-refractivity contribution in [3.63, 3.8) is 0 Å². The fourth-order valence-corrected chi connectivity index (χ4v) is 3.83. The van der Waals surface area contributed by atoms with Crippen LogP contribution in [0.4, 0.5) is 5.13 Å². The minimum absolute atomic E-state index is 0.0777. The summed E-state index contributed by atoms with van der Waals surface area (Å²) in [6, 6.07) is 7.03. The Hall–Kier alpha value is -2.66. The number of oxazole rings is 1. The van der Waals surface area contributed by atoms with Crippen LogP contribution in [0.1, 0.15) is 13.3 Å². The number of rotatable bonds is 8. The lowest BCUT2D eigenvalue weighted by molar-refractivity contribution is -0.139. The first-order valence-corrected chi connectivity index (χ1v) is 9.87. The summed E-state index contributed by atoms with van der Waals surface area (Å²) in [5.74, 6) is -1.00. The molecule has 0 unspecified atom stereocenters. The molecule has 1 aromatic carbocycles. The first kappa shape index (κ1) is 19.1. The van der Waals surface area contributed by atoms with Crippen LogP contribution in [0, 0.1) is 0 Å². The predicted octanol–water partition coefficient (Wildman–Crippen LogP) is 2.13. The standard InChI is InChI=1S/C16H16N4O5S2/c1-2-24-13(22)9-26-15-19-18-14(27-15)17-12(21)7-8-20-10-5-3-4-6-11(10)25-16(20)23/h3-6H,2,7-9H2,1H3,(H,17,18,21). The topological polar surface area (TPSA) is 116 Å². The minimum Gasteiger partial charge on any atom is -0.465 e. The molecule has 1 N–H and O–H groups in total. The molecule has 27 heavy (non-hydrogen) atoms. The summed E-state index contributed by atoms with van der Waals surface area (Å²) < 4.78 is 11.9. The van der Waals surface area contributed by atoms with Crippen LogP contribution < -0.4 is 11.1 Å². The quantitative estimate of drug-likeness (QED) is 0.342. The van der Waals surface area contributed by atoms with Gasteiger partial charge in [-0.2, -0.15) is 0 Å². The van der Waals surface area contributed by atoms with E-state index in [-0.39, 0.29) is 30.6 Å². The average Bonchev–Trinajstić information content (AvgIpc) is 3.21. The molecule has 3 aromatic rings. The van der Waals surface area contributed by atoms with Gasteiger partial charge in [0, 0.05) is 13.0 Å². The molecule has 0 atom stereocenters. The van der Waals surface area contributed by atoms with Crippen molar-refractivity contribution >= 4 is 51.2 Å². The van der Waals surface area contributed by atoms with Gasteiger partial charge in [0.2, 0.25) is 11.0 Å². The fourth-order valence-electron chi connectivity index (χ4n) is 2.26. The van der Waals surface area contributed by atoms with Crippen molar-refractivity contribution < 1.29 is 18.7 Å². The van der Waals surface area contributed by atoms with E-state index >= 15 is 0 Å². The van der Waals surface area contributed by atoms with E-state index in [0.29, 0.717) is 27.2 Å². The van der Waals surface area contributed by atoms with E-state index in [1.807, 2.05) is 0 Å². The second-order valence-corrected chi connectivity index (χ2v) is 7.45. The van der Waals surface area contributed by atoms with Crippen molar-refractivity contribution in [3.8, 4) is 0 Å². The molecule has 0 saturated carbocycles. The van der Waals surface area contributed by atoms with Crippen LogP contribution in [0.5, 0.6) is 0 Å². The molecule has 3 rings (SSSR count). The van der Waals surface area contributed by atoms with Crippen LogP contribution in [-0.4, -0.2) is 39.0 Å². The maximum atomic E-state index is 12.1. The number of esters is 1. The number of nitrogens with one attached hydrogen (secondary N) is 1. The SMILES string of the molecule is CCOC(=O)CSc1nnc(NC(=O)CCn2c(=O)oc3ccccc32)s1. The molecule has 0 aliphatic rings. The van der Waals surface area contributed by atoms with Crippen molar-refractivity contribution in [1.82, 2.24) is 14.8 Å². The molecule has 0 aliphatic carbocycles. The summed E-state index contributed by atoms with van der Waals surface area (Å²) in [5.41, 5.74) is 1.12. The number of aryl methyl sites for hydroxylation is 1. The number of carbonyl (C=O) groups is 2. The second kappa shape index (κ2) is 8.82. The third-order valence-corrected chi connectivity index (χ3v) is 5.35. The molecule has 0 radical (unpaired) electrons. The second-order valence-electron chi connectivity index (χ2n) is 5.25. The number of nitrogens with zero attached hydrogens (tertiary/aromatic N) is 3. The van der Waals surface area contributed by atoms with Crippen molar-refractivity contribution in [3.05, 3.63) is 34.8 Å². The lowest BCUT2D eigenvalue weighted by Gasteiger charge is -2.02. The highest BCUT2D eigenvalue weighted by Crippen LogP contribution is 2.25. The van der Waals surface area contributed by atoms with Crippen LogP contribution in [0.2, 0.25) is 0 Å². The molecule has 1 amide bonds. The Balaban J connectivity index is 1.53. The van der Waals surface area contributed by atoms with Gasteiger partial charge in [-0.3, -0.25) is 14.2 Å². The summed E-state index contributed by atoms with van der Waals surface area (Å²) in [4.78, 5) is 35.3. The maximum Gasteiger partial charge on any atom is 0.419 e. The highest BCUT2D eigenvalue weighted by Gasteiger charge is 2.13. The largest absolute Gasteiger partial charge is 0.465 e. The van der Waals surface area contributed by atoms with Gasteiger partial charge in [0.05, 0.1) is 17.9 Å². The molecule has 2 aromatic heterocycles. The van der Waals surface area contributed by atoms with Crippen molar-refractivity contribution in [2.45, 2.75) is 24.2 Å². The van der Waals surface area contributed by atoms with Gasteiger partial charge in [-0.1, -0.05) is 35.2 Å². The molecule has 0 aliphatic heterocycles. The van der Waals surface area contributed by atoms with E-state index in [1.54, 1.807) is 31.2 Å². The van der Waals surface area contributed by atoms with Gasteiger partial charge in [0.25, 0.3) is 0 Å². The molecular weight excluding hydrogens is 392 g/mol. The molecule has 142 valence electrons. The van der Waals surface area contributed by atoms with Gasteiger partial charge in [-0.25, -0.2) is 4.79 Å². The Labute approximate surface area is 161 Å². The molecule has 11 heteroatoms. The van der Waals surface area contributed by atoms with Crippen molar-refractivity contribution in [2.24, 2.45) is 0 Å². The molecule has 0 fully saturated rings. The van der Waals surface area contributed by atoms with Crippen LogP contribution in [0.3, 0.4) is 0 Å². The zero-order chi connectivity index (χ0) is 19.2. The number of thioether (sulfide) groups is 1. The Morgan fingerprint density at radius 1 is 1.33 bits per heavy atom. The zero-order valence-electron chi connectivity index (χ0n) is 14.3. The minimum atomic E-state index is -0.502. The average molecular weight is 408 g/mol. The maximum absolute atomic E-state index is 12.1. The summed E-state index contributed by atoms with van der Waals surface area (Å²) in [7, 11) is 0. The number of carbonyl (C=O) groups excluding carboxylic acids is 2. The number of amides is 1. The van der Waals surface area contributed by atoms with E-state index in [4.69, 9.17) is 9.15 Å². The van der Waals surface area contributed by atoms with Gasteiger partial charge in [0.15, 0.2) is 9.92 Å². The lowest BCUT2D eigenvalue weighted by atomic mass is 10.3. The smallest absolute Gasteiger partial charge is 0.419 e. The van der Waals surface area contributed by atoms with Crippen molar-refractivity contribution in [2.75, 3.05) is 17.7 Å². The number of benzene rings is 1. The molecule has 0 saturated heterocycles. The molecule has 9 nitrogen and oxygen atoms in total. The van der Waals surface area contributed by atoms with Crippen molar-refractivity contribution in [1.29, 1.82) is 0 Å². The highest BCUT2D eigenvalue weighted by molar-refractivity contribution is 8.01. The number of aromatic nitrogens is 3. The van der Waals surface area contributed by atoms with Crippen LogP contribution in [-0.2, 0) is 20.9 Å². The van der Waals surface area contributed by atoms with Gasteiger partial charge in [0.1, 0.15) is 0 Å². The van der Waals surface area contributed by atoms with E-state index < -0.39 is 5.76 Å². The number of hydrogen-bond acceptors (Lipinski definition) is 9. The fraction of sp³-hybridized carbons (Fsp3) is 0.312. The normalized spacial score (nSPS) is 10.9. The van der Waals surface area contributed by atoms with E-state index in [2.05, 4.69) is 15.5 Å². The van der Waals surface area contributed by atoms with E-state index in [9.17, 15) is 14.4 Å². The molecular formula is C16H16N4O5S2. The molecule has 2 heterocycles. The van der Waals surface area contributed by atoms with Gasteiger partial charge in [-0.15, -0.1) is 10.2 Å². The predicted molar refractivity (Wildman–Crippen MR) is 101 cm³/mol. The Morgan fingerprint density at radius 3 is 2.96 bits per heavy atom. The van der Waals surface area contributed by atoms with E-state index in [1.165, 1.54) is 16.3 Å². The van der Waals surface area contributed by atoms with E-state index in [0.717, 1.165) is 11.3 Å². The monoisotopic (exact) mass is 408 g/mol. The Morgan fingerprint density at radius 2 is 2.15 bits per heavy atom. The number of para-hydroxylation sites is 2. The summed E-state index contributed by atoms with van der Waals surface area (Å²) in [5, 5.41) is 10.7. The first-order chi connectivity index (χ1) is 13.1. The number of anilines is 1. The summed E-state index contributed by atoms with van der Waals surface area (Å²) in [6.07, 6.45) is 0.0777. The lowest BCUT2D eigenvalue weighted by Crippen LogP contribution is -2.19. The third kappa shape index (κ3) is 4.95. The molecule has 0 spiro atoms. The Kier molecular flexibility index (Phi) is 6.24. The zero-order valence-corrected chi connectivity index (χ0v) is 16.0. The highest BCUT2D eigenvalue weighted by atomic mass is 32.2. The van der Waals surface area contributed by atoms with Gasteiger partial charge < -0.3 is 14.5 Å². The molecule has 0 bridgehead atoms. The van der Waals surface area contributed by atoms with Gasteiger partial charge in [-0.05, 0) is 19.1 Å². The van der Waals surface area contributed by atoms with Crippen LogP contribution in [0.25, 0.3) is 11.1 Å². The summed E-state index contributed by atoms with van der Waals surface area (Å²) in [6.45, 7) is 2.25. The summed E-state index contributed by atoms with van der Waals surface area (Å²) >= 11 is 2.36. The number of fused-ring (bicyclic) bond motifs is 1. The van der Waals surface area contributed by atoms with Crippen LogP contribution >= 0.6 is 23.1 Å². The van der Waals surface area contributed by atoms with Gasteiger partial charge >= 0.3 is 11.7 Å².